The minimum Gasteiger partial charge on any atom is -0.368 e. The lowest BCUT2D eigenvalue weighted by Gasteiger charge is -2.32. The molecule has 1 aliphatic rings. The van der Waals surface area contributed by atoms with Crippen molar-refractivity contribution in [2.45, 2.75) is 19.0 Å². The number of fused-ring (bicyclic) bond motifs is 1. The number of aromatic nitrogens is 4. The number of hydrogen-bond donors (Lipinski definition) is 1. The van der Waals surface area contributed by atoms with E-state index in [1.54, 1.807) is 30.3 Å². The largest absolute Gasteiger partial charge is 0.401 e. The average molecular weight is 408 g/mol. The van der Waals surface area contributed by atoms with Gasteiger partial charge in [-0.15, -0.1) is 15.3 Å². The van der Waals surface area contributed by atoms with Crippen LogP contribution >= 0.6 is 0 Å². The Morgan fingerprint density at radius 1 is 1.03 bits per heavy atom. The first kappa shape index (κ1) is 19.6. The average Bonchev–Trinajstić information content (AvgIpc) is 3.10. The predicted molar refractivity (Wildman–Crippen MR) is 99.9 cm³/mol. The molecule has 29 heavy (non-hydrogen) atoms. The normalized spacial score (nSPS) is 16.4. The number of likely N-dealkylation sites (tertiary alicyclic amines) is 1. The highest BCUT2D eigenvalue weighted by atomic mass is 19.4. The van der Waals surface area contributed by atoms with E-state index in [2.05, 4.69) is 20.6 Å². The summed E-state index contributed by atoms with van der Waals surface area (Å²) in [5, 5.41) is 15.7. The molecule has 6 nitrogen and oxygen atoms in total. The molecule has 1 saturated heterocycles. The van der Waals surface area contributed by atoms with Gasteiger partial charge < -0.3 is 5.32 Å². The summed E-state index contributed by atoms with van der Waals surface area (Å²) >= 11 is 0. The molecule has 0 aliphatic carbocycles. The molecular formula is C19H20F4N6. The van der Waals surface area contributed by atoms with E-state index in [1.165, 1.54) is 15.5 Å². The number of halogens is 4. The number of hydrogen-bond acceptors (Lipinski definition) is 5. The van der Waals surface area contributed by atoms with E-state index in [4.69, 9.17) is 0 Å². The lowest BCUT2D eigenvalue weighted by Crippen LogP contribution is -2.41. The molecule has 0 unspecified atom stereocenters. The summed E-state index contributed by atoms with van der Waals surface area (Å²) in [6.07, 6.45) is -2.77. The van der Waals surface area contributed by atoms with Crippen LogP contribution in [0.1, 0.15) is 12.8 Å². The molecule has 0 saturated carbocycles. The Hall–Kier alpha value is -2.75. The van der Waals surface area contributed by atoms with Crippen LogP contribution in [0, 0.1) is 11.7 Å². The van der Waals surface area contributed by atoms with Crippen LogP contribution in [0.5, 0.6) is 0 Å². The Balaban J connectivity index is 1.41. The van der Waals surface area contributed by atoms with Gasteiger partial charge in [0.2, 0.25) is 0 Å². The first-order chi connectivity index (χ1) is 13.9. The molecule has 4 rings (SSSR count). The van der Waals surface area contributed by atoms with Crippen molar-refractivity contribution in [2.75, 3.05) is 31.5 Å². The zero-order valence-electron chi connectivity index (χ0n) is 15.5. The van der Waals surface area contributed by atoms with E-state index in [-0.39, 0.29) is 5.92 Å². The van der Waals surface area contributed by atoms with Gasteiger partial charge in [-0.2, -0.15) is 17.7 Å². The first-order valence-electron chi connectivity index (χ1n) is 9.39. The highest BCUT2D eigenvalue weighted by Gasteiger charge is 2.32. The van der Waals surface area contributed by atoms with Gasteiger partial charge in [-0.1, -0.05) is 12.1 Å². The van der Waals surface area contributed by atoms with Crippen LogP contribution in [-0.2, 0) is 0 Å². The fourth-order valence-electron chi connectivity index (χ4n) is 3.54. The molecule has 154 valence electrons. The highest BCUT2D eigenvalue weighted by molar-refractivity contribution is 5.60. The lowest BCUT2D eigenvalue weighted by atomic mass is 9.97. The first-order valence-corrected chi connectivity index (χ1v) is 9.39. The van der Waals surface area contributed by atoms with Crippen molar-refractivity contribution in [2.24, 2.45) is 5.92 Å². The number of benzene rings is 1. The van der Waals surface area contributed by atoms with Gasteiger partial charge in [0.1, 0.15) is 11.6 Å². The van der Waals surface area contributed by atoms with E-state index >= 15 is 0 Å². The second-order valence-corrected chi connectivity index (χ2v) is 7.21. The van der Waals surface area contributed by atoms with Crippen LogP contribution < -0.4 is 5.32 Å². The van der Waals surface area contributed by atoms with Crippen molar-refractivity contribution in [1.82, 2.24) is 24.7 Å². The Morgan fingerprint density at radius 2 is 1.79 bits per heavy atom. The Kier molecular flexibility index (Phi) is 5.35. The number of piperidine rings is 1. The van der Waals surface area contributed by atoms with Crippen LogP contribution in [0.3, 0.4) is 0 Å². The Labute approximate surface area is 164 Å². The Morgan fingerprint density at radius 3 is 2.52 bits per heavy atom. The molecule has 0 amide bonds. The third-order valence-electron chi connectivity index (χ3n) is 5.06. The zero-order valence-corrected chi connectivity index (χ0v) is 15.5. The molecule has 3 aromatic rings. The smallest absolute Gasteiger partial charge is 0.368 e. The third-order valence-corrected chi connectivity index (χ3v) is 5.06. The molecule has 0 atom stereocenters. The third kappa shape index (κ3) is 4.64. The summed E-state index contributed by atoms with van der Waals surface area (Å²) in [7, 11) is 0. The minimum atomic E-state index is -4.15. The molecular weight excluding hydrogens is 388 g/mol. The molecule has 0 radical (unpaired) electrons. The van der Waals surface area contributed by atoms with Gasteiger partial charge in [0.05, 0.1) is 12.1 Å². The van der Waals surface area contributed by atoms with Gasteiger partial charge in [-0.05, 0) is 56.1 Å². The standard InChI is InChI=1S/C19H20F4N6/c20-15-4-2-1-3-14(15)18-26-25-17-6-5-16(27-29(17)18)24-11-13-7-9-28(10-8-13)12-19(21,22)23/h1-6,13H,7-12H2,(H,24,27). The van der Waals surface area contributed by atoms with E-state index in [9.17, 15) is 17.6 Å². The van der Waals surface area contributed by atoms with Crippen LogP contribution in [-0.4, -0.2) is 57.1 Å². The summed E-state index contributed by atoms with van der Waals surface area (Å²) in [4.78, 5) is 1.44. The van der Waals surface area contributed by atoms with E-state index < -0.39 is 18.5 Å². The predicted octanol–water partition coefficient (Wildman–Crippen LogP) is 3.62. The van der Waals surface area contributed by atoms with Crippen molar-refractivity contribution in [3.8, 4) is 11.4 Å². The monoisotopic (exact) mass is 408 g/mol. The molecule has 3 heterocycles. The second-order valence-electron chi connectivity index (χ2n) is 7.21. The molecule has 0 spiro atoms. The van der Waals surface area contributed by atoms with Crippen molar-refractivity contribution >= 4 is 11.5 Å². The number of nitrogens with one attached hydrogen (secondary N) is 1. The van der Waals surface area contributed by atoms with Gasteiger partial charge in [0.15, 0.2) is 11.5 Å². The summed E-state index contributed by atoms with van der Waals surface area (Å²) in [5.74, 6) is 0.742. The molecule has 1 fully saturated rings. The summed E-state index contributed by atoms with van der Waals surface area (Å²) < 4.78 is 53.1. The van der Waals surface area contributed by atoms with Crippen LogP contribution in [0.4, 0.5) is 23.4 Å². The molecule has 1 N–H and O–H groups in total. The van der Waals surface area contributed by atoms with Crippen LogP contribution in [0.15, 0.2) is 36.4 Å². The minimum absolute atomic E-state index is 0.268. The van der Waals surface area contributed by atoms with Crippen LogP contribution in [0.2, 0.25) is 0 Å². The van der Waals surface area contributed by atoms with Crippen LogP contribution in [0.25, 0.3) is 17.0 Å². The zero-order chi connectivity index (χ0) is 20.4. The van der Waals surface area contributed by atoms with Gasteiger partial charge in [0, 0.05) is 6.54 Å². The SMILES string of the molecule is Fc1ccccc1-c1nnc2ccc(NCC3CCN(CC(F)(F)F)CC3)nn12. The maximum Gasteiger partial charge on any atom is 0.401 e. The van der Waals surface area contributed by atoms with Crippen molar-refractivity contribution < 1.29 is 17.6 Å². The van der Waals surface area contributed by atoms with Crippen molar-refractivity contribution in [1.29, 1.82) is 0 Å². The van der Waals surface area contributed by atoms with Gasteiger partial charge in [0.25, 0.3) is 0 Å². The molecule has 1 aromatic carbocycles. The maximum absolute atomic E-state index is 14.1. The molecule has 2 aromatic heterocycles. The lowest BCUT2D eigenvalue weighted by molar-refractivity contribution is -0.148. The van der Waals surface area contributed by atoms with E-state index in [1.807, 2.05) is 0 Å². The second kappa shape index (κ2) is 7.94. The maximum atomic E-state index is 14.1. The topological polar surface area (TPSA) is 58.4 Å². The van der Waals surface area contributed by atoms with E-state index in [0.29, 0.717) is 55.3 Å². The summed E-state index contributed by atoms with van der Waals surface area (Å²) in [5.41, 5.74) is 0.802. The summed E-state index contributed by atoms with van der Waals surface area (Å²) in [6, 6.07) is 9.77. The van der Waals surface area contributed by atoms with Gasteiger partial charge in [-0.3, -0.25) is 4.90 Å². The molecule has 0 bridgehead atoms. The molecule has 10 heteroatoms. The highest BCUT2D eigenvalue weighted by Crippen LogP contribution is 2.24. The summed E-state index contributed by atoms with van der Waals surface area (Å²) in [6.45, 7) is 0.621. The number of alkyl halides is 3. The Bertz CT molecular complexity index is 978. The fraction of sp³-hybridized carbons (Fsp3) is 0.421. The number of rotatable bonds is 5. The van der Waals surface area contributed by atoms with Gasteiger partial charge in [-0.25, -0.2) is 4.39 Å². The van der Waals surface area contributed by atoms with Crippen molar-refractivity contribution in [3.05, 3.63) is 42.2 Å². The fourth-order valence-corrected chi connectivity index (χ4v) is 3.54. The quantitative estimate of drug-likeness (QED) is 0.654. The van der Waals surface area contributed by atoms with E-state index in [0.717, 1.165) is 0 Å². The van der Waals surface area contributed by atoms with Gasteiger partial charge >= 0.3 is 6.18 Å². The molecule has 1 aliphatic heterocycles. The number of anilines is 1. The van der Waals surface area contributed by atoms with Crippen molar-refractivity contribution in [3.63, 3.8) is 0 Å². The number of nitrogens with zero attached hydrogens (tertiary/aromatic N) is 5.